The van der Waals surface area contributed by atoms with Gasteiger partial charge in [0.2, 0.25) is 0 Å². The van der Waals surface area contributed by atoms with Crippen molar-refractivity contribution in [1.29, 1.82) is 5.26 Å². The van der Waals surface area contributed by atoms with Crippen LogP contribution in [0.4, 0.5) is 13.2 Å². The first-order chi connectivity index (χ1) is 10.5. The fraction of sp³-hybridized carbons (Fsp3) is 0.333. The molecule has 22 heavy (non-hydrogen) atoms. The van der Waals surface area contributed by atoms with Crippen LogP contribution in [0.2, 0.25) is 0 Å². The minimum absolute atomic E-state index is 0.183. The Morgan fingerprint density at radius 3 is 2.91 bits per heavy atom. The van der Waals surface area contributed by atoms with E-state index in [1.165, 1.54) is 4.68 Å². The standard InChI is InChI=1S/C15H13F3N4/c16-15(17,18)14-12-8-20-5-4-13(12)22(21-14)9-11-3-1-2-10(6-11)7-19/h1-3,6,20H,4-5,8-9H2. The van der Waals surface area contributed by atoms with Gasteiger partial charge in [0.25, 0.3) is 0 Å². The van der Waals surface area contributed by atoms with Gasteiger partial charge < -0.3 is 5.32 Å². The first-order valence-corrected chi connectivity index (χ1v) is 6.84. The summed E-state index contributed by atoms with van der Waals surface area (Å²) >= 11 is 0. The Kier molecular flexibility index (Phi) is 3.62. The molecule has 3 rings (SSSR count). The maximum absolute atomic E-state index is 13.1. The van der Waals surface area contributed by atoms with Crippen molar-refractivity contribution in [3.8, 4) is 6.07 Å². The molecule has 1 aromatic heterocycles. The molecular formula is C15H13F3N4. The highest BCUT2D eigenvalue weighted by Crippen LogP contribution is 2.33. The van der Waals surface area contributed by atoms with E-state index in [9.17, 15) is 13.2 Å². The molecule has 2 heterocycles. The highest BCUT2D eigenvalue weighted by molar-refractivity contribution is 5.34. The molecule has 7 heteroatoms. The van der Waals surface area contributed by atoms with Gasteiger partial charge in [-0.1, -0.05) is 12.1 Å². The minimum Gasteiger partial charge on any atom is -0.312 e. The van der Waals surface area contributed by atoms with Crippen LogP contribution in [0.15, 0.2) is 24.3 Å². The van der Waals surface area contributed by atoms with Gasteiger partial charge in [-0.3, -0.25) is 4.68 Å². The maximum atomic E-state index is 13.1. The predicted octanol–water partition coefficient (Wildman–Crippen LogP) is 2.47. The summed E-state index contributed by atoms with van der Waals surface area (Å²) in [7, 11) is 0. The summed E-state index contributed by atoms with van der Waals surface area (Å²) in [5.74, 6) is 0. The normalized spacial score (nSPS) is 14.5. The molecule has 0 radical (unpaired) electrons. The van der Waals surface area contributed by atoms with Crippen molar-refractivity contribution in [2.75, 3.05) is 6.54 Å². The lowest BCUT2D eigenvalue weighted by Crippen LogP contribution is -2.26. The predicted molar refractivity (Wildman–Crippen MR) is 72.9 cm³/mol. The number of aromatic nitrogens is 2. The summed E-state index contributed by atoms with van der Waals surface area (Å²) in [5.41, 5.74) is 1.28. The van der Waals surface area contributed by atoms with E-state index in [1.54, 1.807) is 24.3 Å². The van der Waals surface area contributed by atoms with Crippen LogP contribution in [0.25, 0.3) is 0 Å². The molecule has 0 atom stereocenters. The number of rotatable bonds is 2. The zero-order valence-corrected chi connectivity index (χ0v) is 11.6. The lowest BCUT2D eigenvalue weighted by Gasteiger charge is -2.16. The Morgan fingerprint density at radius 1 is 1.36 bits per heavy atom. The van der Waals surface area contributed by atoms with Crippen LogP contribution in [0.3, 0.4) is 0 Å². The molecule has 4 nitrogen and oxygen atoms in total. The van der Waals surface area contributed by atoms with Crippen molar-refractivity contribution in [3.05, 3.63) is 52.3 Å². The van der Waals surface area contributed by atoms with Gasteiger partial charge in [0.15, 0.2) is 5.69 Å². The highest BCUT2D eigenvalue weighted by Gasteiger charge is 2.39. The summed E-state index contributed by atoms with van der Waals surface area (Å²) in [4.78, 5) is 0. The third-order valence-corrected chi connectivity index (χ3v) is 3.66. The van der Waals surface area contributed by atoms with E-state index in [1.807, 2.05) is 6.07 Å². The van der Waals surface area contributed by atoms with Gasteiger partial charge >= 0.3 is 6.18 Å². The Labute approximate surface area is 125 Å². The van der Waals surface area contributed by atoms with Crippen LogP contribution < -0.4 is 5.32 Å². The molecule has 0 bridgehead atoms. The number of alkyl halides is 3. The fourth-order valence-electron chi connectivity index (χ4n) is 2.69. The summed E-state index contributed by atoms with van der Waals surface area (Å²) in [6.07, 6.45) is -3.95. The molecular weight excluding hydrogens is 293 g/mol. The second-order valence-electron chi connectivity index (χ2n) is 5.17. The van der Waals surface area contributed by atoms with Crippen molar-refractivity contribution in [3.63, 3.8) is 0 Å². The van der Waals surface area contributed by atoms with Gasteiger partial charge in [0.05, 0.1) is 18.2 Å². The molecule has 114 valence electrons. The molecule has 0 spiro atoms. The molecule has 0 saturated carbocycles. The number of benzene rings is 1. The summed E-state index contributed by atoms with van der Waals surface area (Å²) in [6, 6.07) is 8.85. The van der Waals surface area contributed by atoms with E-state index in [-0.39, 0.29) is 18.7 Å². The average molecular weight is 306 g/mol. The molecule has 1 aromatic carbocycles. The Bertz CT molecular complexity index is 740. The van der Waals surface area contributed by atoms with E-state index in [0.717, 1.165) is 5.56 Å². The molecule has 0 aliphatic carbocycles. The lowest BCUT2D eigenvalue weighted by molar-refractivity contribution is -0.142. The van der Waals surface area contributed by atoms with Crippen LogP contribution in [0.1, 0.15) is 28.1 Å². The highest BCUT2D eigenvalue weighted by atomic mass is 19.4. The number of hydrogen-bond donors (Lipinski definition) is 1. The van der Waals surface area contributed by atoms with Gasteiger partial charge in [-0.25, -0.2) is 0 Å². The number of nitriles is 1. The van der Waals surface area contributed by atoms with Crippen molar-refractivity contribution >= 4 is 0 Å². The van der Waals surface area contributed by atoms with Gasteiger partial charge in [-0.05, 0) is 17.7 Å². The summed E-state index contributed by atoms with van der Waals surface area (Å²) < 4.78 is 40.7. The monoisotopic (exact) mass is 306 g/mol. The third-order valence-electron chi connectivity index (χ3n) is 3.66. The molecule has 2 aromatic rings. The molecule has 1 aliphatic rings. The van der Waals surface area contributed by atoms with Crippen LogP contribution in [0.5, 0.6) is 0 Å². The van der Waals surface area contributed by atoms with Crippen LogP contribution in [0, 0.1) is 11.3 Å². The lowest BCUT2D eigenvalue weighted by atomic mass is 10.1. The minimum atomic E-state index is -4.46. The smallest absolute Gasteiger partial charge is 0.312 e. The van der Waals surface area contributed by atoms with Crippen LogP contribution in [-0.4, -0.2) is 16.3 Å². The number of halogens is 3. The molecule has 0 amide bonds. The zero-order valence-electron chi connectivity index (χ0n) is 11.6. The quantitative estimate of drug-likeness (QED) is 0.927. The third kappa shape index (κ3) is 2.70. The van der Waals surface area contributed by atoms with Crippen molar-refractivity contribution in [2.45, 2.75) is 25.7 Å². The van der Waals surface area contributed by atoms with E-state index < -0.39 is 11.9 Å². The van der Waals surface area contributed by atoms with E-state index >= 15 is 0 Å². The largest absolute Gasteiger partial charge is 0.435 e. The topological polar surface area (TPSA) is 53.6 Å². The zero-order chi connectivity index (χ0) is 15.7. The van der Waals surface area contributed by atoms with Crippen LogP contribution in [-0.2, 0) is 25.7 Å². The van der Waals surface area contributed by atoms with Crippen molar-refractivity contribution in [1.82, 2.24) is 15.1 Å². The van der Waals surface area contributed by atoms with E-state index in [2.05, 4.69) is 10.4 Å². The Morgan fingerprint density at radius 2 is 2.18 bits per heavy atom. The SMILES string of the molecule is N#Cc1cccc(Cn2nc(C(F)(F)F)c3c2CCNC3)c1. The van der Waals surface area contributed by atoms with Crippen molar-refractivity contribution < 1.29 is 13.2 Å². The summed E-state index contributed by atoms with van der Waals surface area (Å²) in [5, 5.41) is 15.6. The van der Waals surface area contributed by atoms with Crippen molar-refractivity contribution in [2.24, 2.45) is 0 Å². The molecule has 0 unspecified atom stereocenters. The van der Waals surface area contributed by atoms with Gasteiger partial charge in [-0.15, -0.1) is 0 Å². The van der Waals surface area contributed by atoms with Gasteiger partial charge in [0.1, 0.15) is 0 Å². The molecule has 0 fully saturated rings. The number of hydrogen-bond acceptors (Lipinski definition) is 3. The van der Waals surface area contributed by atoms with E-state index in [4.69, 9.17) is 5.26 Å². The summed E-state index contributed by atoms with van der Waals surface area (Å²) in [6.45, 7) is 1.05. The van der Waals surface area contributed by atoms with Gasteiger partial charge in [0, 0.05) is 30.8 Å². The van der Waals surface area contributed by atoms with E-state index in [0.29, 0.717) is 24.2 Å². The molecule has 1 aliphatic heterocycles. The number of nitrogens with zero attached hydrogens (tertiary/aromatic N) is 3. The Balaban J connectivity index is 2.00. The number of nitrogens with one attached hydrogen (secondary N) is 1. The fourth-order valence-corrected chi connectivity index (χ4v) is 2.69. The number of fused-ring (bicyclic) bond motifs is 1. The van der Waals surface area contributed by atoms with Gasteiger partial charge in [-0.2, -0.15) is 23.5 Å². The second kappa shape index (κ2) is 5.46. The van der Waals surface area contributed by atoms with Crippen LogP contribution >= 0.6 is 0 Å². The molecule has 1 N–H and O–H groups in total. The first kappa shape index (κ1) is 14.6. The first-order valence-electron chi connectivity index (χ1n) is 6.84. The Hall–Kier alpha value is -2.33. The molecule has 0 saturated heterocycles. The maximum Gasteiger partial charge on any atom is 0.435 e. The average Bonchev–Trinajstić information content (AvgIpc) is 2.87. The second-order valence-corrected chi connectivity index (χ2v) is 5.17.